The van der Waals surface area contributed by atoms with Crippen LogP contribution in [0.2, 0.25) is 0 Å². The van der Waals surface area contributed by atoms with Crippen molar-refractivity contribution in [1.29, 1.82) is 0 Å². The van der Waals surface area contributed by atoms with Crippen LogP contribution in [-0.2, 0) is 18.4 Å². The van der Waals surface area contributed by atoms with Crippen LogP contribution in [0.4, 0.5) is 0 Å². The first-order valence-electron chi connectivity index (χ1n) is 26.3. The van der Waals surface area contributed by atoms with Gasteiger partial charge in [0.15, 0.2) is 0 Å². The lowest BCUT2D eigenvalue weighted by Gasteiger charge is -2.30. The summed E-state index contributed by atoms with van der Waals surface area (Å²) in [4.78, 5) is 25.4. The van der Waals surface area contributed by atoms with E-state index >= 15 is 0 Å². The number of hydrogen-bond acceptors (Lipinski definition) is 6. The first kappa shape index (κ1) is 60.7. The number of carbonyl (C=O) groups is 1. The number of phosphoric acid groups is 1. The molecule has 9 heteroatoms. The number of rotatable bonds is 48. The van der Waals surface area contributed by atoms with Gasteiger partial charge in [-0.3, -0.25) is 9.36 Å². The zero-order chi connectivity index (χ0) is 45.7. The predicted molar refractivity (Wildman–Crippen MR) is 265 cm³/mol. The standard InChI is InChI=1S/C53H103N2O6P/c1-6-8-10-12-14-16-18-20-21-22-23-24-25-26-27-28-29-30-31-32-33-35-36-38-40-42-44-46-52(56)51(50-61-62(58,59)60-49-48-55(3,4)5)54-53(57)47-45-43-41-39-37-34-19-17-15-13-11-9-7-2/h9,11,15,17,34,37,51-52,56H,6-8,10,12-14,16,18-33,35-36,38-50H2,1-5H3,(H-,54,57,58,59)/b11-9-,17-15-,37-34-. The van der Waals surface area contributed by atoms with Crippen molar-refractivity contribution in [3.63, 3.8) is 0 Å². The highest BCUT2D eigenvalue weighted by molar-refractivity contribution is 7.45. The number of hydrogen-bond donors (Lipinski definition) is 2. The Morgan fingerprint density at radius 3 is 1.42 bits per heavy atom. The Hall–Kier alpha value is -1.28. The number of unbranched alkanes of at least 4 members (excludes halogenated alkanes) is 29. The molecule has 0 fully saturated rings. The Kier molecular flexibility index (Phi) is 44.0. The molecule has 0 aliphatic carbocycles. The zero-order valence-corrected chi connectivity index (χ0v) is 42.5. The smallest absolute Gasteiger partial charge is 0.268 e. The highest BCUT2D eigenvalue weighted by Gasteiger charge is 2.24. The fraction of sp³-hybridized carbons (Fsp3) is 0.868. The van der Waals surface area contributed by atoms with E-state index in [4.69, 9.17) is 9.05 Å². The lowest BCUT2D eigenvalue weighted by atomic mass is 10.0. The van der Waals surface area contributed by atoms with Crippen molar-refractivity contribution in [1.82, 2.24) is 5.32 Å². The van der Waals surface area contributed by atoms with Gasteiger partial charge in [0.05, 0.1) is 39.9 Å². The van der Waals surface area contributed by atoms with Crippen molar-refractivity contribution in [2.45, 2.75) is 257 Å². The van der Waals surface area contributed by atoms with Gasteiger partial charge in [-0.15, -0.1) is 0 Å². The van der Waals surface area contributed by atoms with E-state index in [9.17, 15) is 19.4 Å². The summed E-state index contributed by atoms with van der Waals surface area (Å²) in [6.07, 6.45) is 56.1. The van der Waals surface area contributed by atoms with Gasteiger partial charge >= 0.3 is 0 Å². The Morgan fingerprint density at radius 2 is 0.984 bits per heavy atom. The lowest BCUT2D eigenvalue weighted by Crippen LogP contribution is -2.46. The minimum Gasteiger partial charge on any atom is -0.756 e. The predicted octanol–water partition coefficient (Wildman–Crippen LogP) is 14.8. The van der Waals surface area contributed by atoms with Crippen LogP contribution < -0.4 is 10.2 Å². The molecule has 0 aromatic rings. The third kappa shape index (κ3) is 46.7. The highest BCUT2D eigenvalue weighted by atomic mass is 31.2. The first-order chi connectivity index (χ1) is 30.0. The Bertz CT molecular complexity index is 1110. The molecule has 0 aliphatic heterocycles. The fourth-order valence-corrected chi connectivity index (χ4v) is 8.48. The molecule has 0 saturated heterocycles. The number of amides is 1. The number of allylic oxidation sites excluding steroid dienone is 6. The average molecular weight is 895 g/mol. The third-order valence-corrected chi connectivity index (χ3v) is 12.9. The Labute approximate surface area is 385 Å². The molecule has 62 heavy (non-hydrogen) atoms. The Morgan fingerprint density at radius 1 is 0.581 bits per heavy atom. The first-order valence-corrected chi connectivity index (χ1v) is 27.8. The van der Waals surface area contributed by atoms with E-state index < -0.39 is 20.0 Å². The van der Waals surface area contributed by atoms with Gasteiger partial charge in [-0.05, 0) is 44.9 Å². The largest absolute Gasteiger partial charge is 0.756 e. The molecule has 0 spiro atoms. The SMILES string of the molecule is CC/C=C\C/C=C\C/C=C\CCCCCC(=O)NC(COP(=O)([O-])OCC[N+](C)(C)C)C(O)CCCCCCCCCCCCCCCCCCCCCCCCCCCCC. The van der Waals surface area contributed by atoms with Crippen LogP contribution >= 0.6 is 7.82 Å². The van der Waals surface area contributed by atoms with E-state index in [0.717, 1.165) is 64.2 Å². The zero-order valence-electron chi connectivity index (χ0n) is 41.6. The van der Waals surface area contributed by atoms with Gasteiger partial charge in [0.1, 0.15) is 13.2 Å². The van der Waals surface area contributed by atoms with Gasteiger partial charge < -0.3 is 28.8 Å². The van der Waals surface area contributed by atoms with Gasteiger partial charge in [-0.2, -0.15) is 0 Å². The molecule has 1 amide bonds. The van der Waals surface area contributed by atoms with Gasteiger partial charge in [-0.25, -0.2) is 0 Å². The molecule has 0 heterocycles. The molecule has 2 N–H and O–H groups in total. The summed E-state index contributed by atoms with van der Waals surface area (Å²) < 4.78 is 23.3. The van der Waals surface area contributed by atoms with Crippen LogP contribution in [0.25, 0.3) is 0 Å². The molecule has 3 unspecified atom stereocenters. The summed E-state index contributed by atoms with van der Waals surface area (Å²) in [6.45, 7) is 4.60. The minimum absolute atomic E-state index is 0.00595. The average Bonchev–Trinajstić information content (AvgIpc) is 3.23. The van der Waals surface area contributed by atoms with Crippen molar-refractivity contribution in [3.05, 3.63) is 36.5 Å². The van der Waals surface area contributed by atoms with Gasteiger partial charge in [0.2, 0.25) is 5.91 Å². The third-order valence-electron chi connectivity index (χ3n) is 11.9. The van der Waals surface area contributed by atoms with Crippen molar-refractivity contribution >= 4 is 13.7 Å². The molecule has 0 radical (unpaired) electrons. The molecule has 0 aliphatic rings. The van der Waals surface area contributed by atoms with Crippen LogP contribution in [0.1, 0.15) is 245 Å². The maximum absolute atomic E-state index is 12.9. The van der Waals surface area contributed by atoms with E-state index in [1.54, 1.807) is 0 Å². The summed E-state index contributed by atoms with van der Waals surface area (Å²) >= 11 is 0. The normalized spacial score (nSPS) is 14.4. The lowest BCUT2D eigenvalue weighted by molar-refractivity contribution is -0.870. The second kappa shape index (κ2) is 44.9. The summed E-state index contributed by atoms with van der Waals surface area (Å²) in [7, 11) is 1.29. The molecule has 0 bridgehead atoms. The van der Waals surface area contributed by atoms with E-state index in [0.29, 0.717) is 23.9 Å². The molecule has 0 aromatic carbocycles. The molecular weight excluding hydrogens is 792 g/mol. The maximum atomic E-state index is 12.9. The van der Waals surface area contributed by atoms with E-state index in [-0.39, 0.29) is 19.1 Å². The maximum Gasteiger partial charge on any atom is 0.268 e. The molecule has 0 aromatic heterocycles. The van der Waals surface area contributed by atoms with E-state index in [1.807, 2.05) is 21.1 Å². The summed E-state index contributed by atoms with van der Waals surface area (Å²) in [6, 6.07) is -0.815. The van der Waals surface area contributed by atoms with E-state index in [1.165, 1.54) is 154 Å². The summed E-state index contributed by atoms with van der Waals surface area (Å²) in [5.41, 5.74) is 0. The number of phosphoric ester groups is 1. The van der Waals surface area contributed by atoms with Crippen LogP contribution in [0, 0.1) is 0 Å². The molecule has 3 atom stereocenters. The molecular formula is C53H103N2O6P. The minimum atomic E-state index is -4.58. The van der Waals surface area contributed by atoms with Crippen LogP contribution in [0.5, 0.6) is 0 Å². The number of nitrogens with one attached hydrogen (secondary N) is 1. The molecule has 0 rings (SSSR count). The fourth-order valence-electron chi connectivity index (χ4n) is 7.76. The summed E-state index contributed by atoms with van der Waals surface area (Å²) in [5.74, 6) is -0.192. The topological polar surface area (TPSA) is 108 Å². The summed E-state index contributed by atoms with van der Waals surface area (Å²) in [5, 5.41) is 13.9. The Balaban J connectivity index is 4.13. The van der Waals surface area contributed by atoms with Crippen molar-refractivity contribution in [3.8, 4) is 0 Å². The van der Waals surface area contributed by atoms with Gasteiger partial charge in [-0.1, -0.05) is 230 Å². The molecule has 8 nitrogen and oxygen atoms in total. The number of aliphatic hydroxyl groups excluding tert-OH is 1. The number of carbonyl (C=O) groups excluding carboxylic acids is 1. The van der Waals surface area contributed by atoms with Gasteiger partial charge in [0.25, 0.3) is 7.82 Å². The highest BCUT2D eigenvalue weighted by Crippen LogP contribution is 2.38. The monoisotopic (exact) mass is 895 g/mol. The number of nitrogens with zero attached hydrogens (tertiary/aromatic N) is 1. The second-order valence-corrected chi connectivity index (χ2v) is 20.6. The second-order valence-electron chi connectivity index (χ2n) is 19.2. The quantitative estimate of drug-likeness (QED) is 0.0273. The van der Waals surface area contributed by atoms with E-state index in [2.05, 4.69) is 55.6 Å². The molecule has 0 saturated carbocycles. The van der Waals surface area contributed by atoms with Crippen molar-refractivity contribution < 1.29 is 32.9 Å². The van der Waals surface area contributed by atoms with Crippen molar-refractivity contribution in [2.24, 2.45) is 0 Å². The van der Waals surface area contributed by atoms with Gasteiger partial charge in [0, 0.05) is 6.42 Å². The number of likely N-dealkylation sites (N-methyl/N-ethyl adjacent to an activating group) is 1. The van der Waals surface area contributed by atoms with Crippen LogP contribution in [0.3, 0.4) is 0 Å². The number of quaternary nitrogens is 1. The van der Waals surface area contributed by atoms with Crippen LogP contribution in [-0.4, -0.2) is 68.5 Å². The number of aliphatic hydroxyl groups is 1. The van der Waals surface area contributed by atoms with Crippen LogP contribution in [0.15, 0.2) is 36.5 Å². The molecule has 366 valence electrons. The van der Waals surface area contributed by atoms with Crippen molar-refractivity contribution in [2.75, 3.05) is 40.9 Å².